The summed E-state index contributed by atoms with van der Waals surface area (Å²) in [5.41, 5.74) is 1.70. The van der Waals surface area contributed by atoms with Crippen molar-refractivity contribution in [2.45, 2.75) is 36.6 Å². The molecule has 2 aliphatic rings. The van der Waals surface area contributed by atoms with Crippen molar-refractivity contribution in [2.24, 2.45) is 7.05 Å². The van der Waals surface area contributed by atoms with Crippen molar-refractivity contribution in [1.29, 1.82) is 0 Å². The Morgan fingerprint density at radius 1 is 1.03 bits per heavy atom. The van der Waals surface area contributed by atoms with E-state index in [-0.39, 0.29) is 17.6 Å². The van der Waals surface area contributed by atoms with Crippen molar-refractivity contribution < 1.29 is 19.1 Å². The molecule has 0 bridgehead atoms. The van der Waals surface area contributed by atoms with Crippen LogP contribution in [0.2, 0.25) is 0 Å². The number of aromatic nitrogens is 4. The van der Waals surface area contributed by atoms with Gasteiger partial charge < -0.3 is 20.1 Å². The smallest absolute Gasteiger partial charge is 0.255 e. The minimum Gasteiger partial charge on any atom is -0.448 e. The average Bonchev–Trinajstić information content (AvgIpc) is 3.52. The number of carbonyl (C=O) groups excluding carboxylic acids is 2. The number of hydrogen-bond acceptors (Lipinski definition) is 8. The number of nitrogens with one attached hydrogen (secondary N) is 2. The maximum absolute atomic E-state index is 12.7. The number of benzene rings is 2. The molecule has 1 saturated carbocycles. The second-order valence-electron chi connectivity index (χ2n) is 7.94. The Morgan fingerprint density at radius 2 is 1.76 bits per heavy atom. The number of fused-ring (bicyclic) bond motifs is 1. The van der Waals surface area contributed by atoms with Crippen molar-refractivity contribution in [3.63, 3.8) is 0 Å². The molecule has 0 saturated heterocycles. The molecule has 5 rings (SSSR count). The standard InChI is InChI=1S/C22H22N6O4S/c1-28-21(25-26-27-28)33-13-19(29)23-15-6-4-14(5-7-15)20(30)24-16-8-9-17-18(12-16)32-22(31-17)10-2-3-11-22/h4-9,12H,2-3,10-11,13H2,1H3,(H,23,29)(H,24,30). The molecule has 3 aromatic rings. The highest BCUT2D eigenvalue weighted by molar-refractivity contribution is 7.99. The molecule has 33 heavy (non-hydrogen) atoms. The van der Waals surface area contributed by atoms with Gasteiger partial charge in [-0.1, -0.05) is 11.8 Å². The predicted octanol–water partition coefficient (Wildman–Crippen LogP) is 3.23. The minimum absolute atomic E-state index is 0.169. The number of carbonyl (C=O) groups is 2. The van der Waals surface area contributed by atoms with E-state index in [0.29, 0.717) is 33.6 Å². The third kappa shape index (κ3) is 4.63. The van der Waals surface area contributed by atoms with Crippen LogP contribution in [0.25, 0.3) is 0 Å². The molecule has 11 heteroatoms. The third-order valence-electron chi connectivity index (χ3n) is 5.50. The van der Waals surface area contributed by atoms with Crippen molar-refractivity contribution in [2.75, 3.05) is 16.4 Å². The Kier molecular flexibility index (Phi) is 5.63. The lowest BCUT2D eigenvalue weighted by molar-refractivity contribution is -0.113. The summed E-state index contributed by atoms with van der Waals surface area (Å²) in [7, 11) is 1.71. The van der Waals surface area contributed by atoms with Crippen LogP contribution in [0.4, 0.5) is 11.4 Å². The molecule has 2 amide bonds. The van der Waals surface area contributed by atoms with E-state index in [1.807, 2.05) is 6.07 Å². The first kappa shape index (κ1) is 21.3. The first-order valence-corrected chi connectivity index (χ1v) is 11.6. The number of hydrogen-bond donors (Lipinski definition) is 2. The zero-order valence-corrected chi connectivity index (χ0v) is 18.7. The predicted molar refractivity (Wildman–Crippen MR) is 121 cm³/mol. The van der Waals surface area contributed by atoms with Crippen molar-refractivity contribution >= 4 is 35.0 Å². The van der Waals surface area contributed by atoms with Gasteiger partial charge in [0.15, 0.2) is 11.5 Å². The van der Waals surface area contributed by atoms with E-state index < -0.39 is 5.79 Å². The van der Waals surface area contributed by atoms with Crippen LogP contribution in [-0.4, -0.2) is 43.6 Å². The van der Waals surface area contributed by atoms with Gasteiger partial charge in [-0.15, -0.1) is 5.10 Å². The maximum Gasteiger partial charge on any atom is 0.255 e. The largest absolute Gasteiger partial charge is 0.448 e. The molecule has 1 spiro atoms. The lowest BCUT2D eigenvalue weighted by Gasteiger charge is -2.21. The van der Waals surface area contributed by atoms with Gasteiger partial charge in [-0.3, -0.25) is 9.59 Å². The average molecular weight is 467 g/mol. The van der Waals surface area contributed by atoms with E-state index >= 15 is 0 Å². The Morgan fingerprint density at radius 3 is 2.48 bits per heavy atom. The van der Waals surface area contributed by atoms with Crippen molar-refractivity contribution in [3.05, 3.63) is 48.0 Å². The fourth-order valence-corrected chi connectivity index (χ4v) is 4.52. The van der Waals surface area contributed by atoms with Crippen molar-refractivity contribution in [1.82, 2.24) is 20.2 Å². The summed E-state index contributed by atoms with van der Waals surface area (Å²) in [4.78, 5) is 24.8. The number of amides is 2. The molecular weight excluding hydrogens is 444 g/mol. The monoisotopic (exact) mass is 466 g/mol. The summed E-state index contributed by atoms with van der Waals surface area (Å²) in [5.74, 6) is 0.552. The molecule has 2 heterocycles. The topological polar surface area (TPSA) is 120 Å². The molecule has 0 unspecified atom stereocenters. The highest BCUT2D eigenvalue weighted by Crippen LogP contribution is 2.47. The summed E-state index contributed by atoms with van der Waals surface area (Å²) >= 11 is 1.24. The number of thioether (sulfide) groups is 1. The Balaban J connectivity index is 1.16. The summed E-state index contributed by atoms with van der Waals surface area (Å²) in [6.07, 6.45) is 3.93. The number of rotatable bonds is 6. The molecule has 1 aliphatic carbocycles. The lowest BCUT2D eigenvalue weighted by Crippen LogP contribution is -2.34. The van der Waals surface area contributed by atoms with E-state index in [1.54, 1.807) is 43.4 Å². The van der Waals surface area contributed by atoms with Gasteiger partial charge in [0.25, 0.3) is 11.7 Å². The second kappa shape index (κ2) is 8.74. The van der Waals surface area contributed by atoms with Gasteiger partial charge in [0.2, 0.25) is 11.1 Å². The van der Waals surface area contributed by atoms with Gasteiger partial charge in [-0.05, 0) is 59.7 Å². The van der Waals surface area contributed by atoms with Crippen LogP contribution in [0.3, 0.4) is 0 Å². The van der Waals surface area contributed by atoms with Crippen LogP contribution < -0.4 is 20.1 Å². The third-order valence-corrected chi connectivity index (χ3v) is 6.51. The van der Waals surface area contributed by atoms with Gasteiger partial charge in [-0.2, -0.15) is 0 Å². The van der Waals surface area contributed by atoms with Crippen LogP contribution in [0.1, 0.15) is 36.0 Å². The second-order valence-corrected chi connectivity index (χ2v) is 8.88. The molecular formula is C22H22N6O4S. The lowest BCUT2D eigenvalue weighted by atomic mass is 10.2. The van der Waals surface area contributed by atoms with Crippen molar-refractivity contribution in [3.8, 4) is 11.5 Å². The fraction of sp³-hybridized carbons (Fsp3) is 0.318. The van der Waals surface area contributed by atoms with Crippen LogP contribution >= 0.6 is 11.8 Å². The van der Waals surface area contributed by atoms with Gasteiger partial charge in [-0.25, -0.2) is 4.68 Å². The van der Waals surface area contributed by atoms with Crippen LogP contribution in [0, 0.1) is 0 Å². The number of tetrazole rings is 1. The number of ether oxygens (including phenoxy) is 2. The fourth-order valence-electron chi connectivity index (χ4n) is 3.87. The zero-order chi connectivity index (χ0) is 22.8. The quantitative estimate of drug-likeness (QED) is 0.531. The van der Waals surface area contributed by atoms with Gasteiger partial charge in [0, 0.05) is 42.9 Å². The molecule has 2 N–H and O–H groups in total. The summed E-state index contributed by atoms with van der Waals surface area (Å²) in [5, 5.41) is 17.3. The molecule has 1 aromatic heterocycles. The van der Waals surface area contributed by atoms with Crippen LogP contribution in [0.5, 0.6) is 11.5 Å². The SMILES string of the molecule is Cn1nnnc1SCC(=O)Nc1ccc(C(=O)Nc2ccc3c(c2)OC2(CCCC2)O3)cc1. The molecule has 1 aliphatic heterocycles. The molecule has 0 radical (unpaired) electrons. The van der Waals surface area contributed by atoms with E-state index in [4.69, 9.17) is 9.47 Å². The molecule has 2 aromatic carbocycles. The first-order valence-electron chi connectivity index (χ1n) is 10.6. The van der Waals surface area contributed by atoms with Crippen LogP contribution in [-0.2, 0) is 11.8 Å². The number of nitrogens with zero attached hydrogens (tertiary/aromatic N) is 4. The summed E-state index contributed by atoms with van der Waals surface area (Å²) in [6, 6.07) is 12.1. The first-order chi connectivity index (χ1) is 16.0. The van der Waals surface area contributed by atoms with Crippen LogP contribution in [0.15, 0.2) is 47.6 Å². The summed E-state index contributed by atoms with van der Waals surface area (Å²) < 4.78 is 13.6. The molecule has 0 atom stereocenters. The minimum atomic E-state index is -0.533. The van der Waals surface area contributed by atoms with E-state index in [9.17, 15) is 9.59 Å². The molecule has 10 nitrogen and oxygen atoms in total. The summed E-state index contributed by atoms with van der Waals surface area (Å²) in [6.45, 7) is 0. The van der Waals surface area contributed by atoms with E-state index in [1.165, 1.54) is 16.4 Å². The highest BCUT2D eigenvalue weighted by atomic mass is 32.2. The number of aryl methyl sites for hydroxylation is 1. The van der Waals surface area contributed by atoms with Gasteiger partial charge >= 0.3 is 0 Å². The van der Waals surface area contributed by atoms with E-state index in [2.05, 4.69) is 26.2 Å². The van der Waals surface area contributed by atoms with Gasteiger partial charge in [0.1, 0.15) is 0 Å². The number of anilines is 2. The maximum atomic E-state index is 12.7. The zero-order valence-electron chi connectivity index (χ0n) is 17.9. The normalized spacial score (nSPS) is 15.5. The van der Waals surface area contributed by atoms with Gasteiger partial charge in [0.05, 0.1) is 5.75 Å². The Labute approximate surface area is 194 Å². The molecule has 1 fully saturated rings. The Bertz CT molecular complexity index is 1190. The van der Waals surface area contributed by atoms with E-state index in [0.717, 1.165) is 25.7 Å². The Hall–Kier alpha value is -3.60. The molecule has 170 valence electrons. The highest BCUT2D eigenvalue weighted by Gasteiger charge is 2.44.